The van der Waals surface area contributed by atoms with Crippen molar-refractivity contribution >= 4 is 43.1 Å². The Morgan fingerprint density at radius 1 is 0.783 bits per heavy atom. The summed E-state index contributed by atoms with van der Waals surface area (Å²) in [6.07, 6.45) is -0.711. The molecule has 0 fully saturated rings. The molecule has 8 nitrogen and oxygen atoms in total. The van der Waals surface area contributed by atoms with Crippen molar-refractivity contribution in [2.45, 2.75) is 34.6 Å². The van der Waals surface area contributed by atoms with Gasteiger partial charge in [0.1, 0.15) is 0 Å². The third-order valence-electron chi connectivity index (χ3n) is 1.64. The van der Waals surface area contributed by atoms with E-state index in [-0.39, 0.29) is 0 Å². The van der Waals surface area contributed by atoms with Crippen LogP contribution in [0.15, 0.2) is 0 Å². The zero-order valence-corrected chi connectivity index (χ0v) is 17.6. The summed E-state index contributed by atoms with van der Waals surface area (Å²) in [4.78, 5) is 9.60. The lowest BCUT2D eigenvalue weighted by Gasteiger charge is -2.27. The number of amides is 1. The highest BCUT2D eigenvalue weighted by atomic mass is 32.5. The maximum atomic E-state index is 9.60. The van der Waals surface area contributed by atoms with Crippen LogP contribution >= 0.6 is 13.4 Å². The fourth-order valence-corrected chi connectivity index (χ4v) is 7.44. The van der Waals surface area contributed by atoms with Gasteiger partial charge in [-0.3, -0.25) is 0 Å². The molecule has 0 unspecified atom stereocenters. The number of carbonyl (C=O) groups is 1. The van der Waals surface area contributed by atoms with Gasteiger partial charge in [0.2, 0.25) is 0 Å². The Labute approximate surface area is 148 Å². The second kappa shape index (κ2) is 14.7. The molecule has 23 heavy (non-hydrogen) atoms. The number of nitrogens with two attached hydrogens (primary N) is 1. The van der Waals surface area contributed by atoms with Gasteiger partial charge in [0.15, 0.2) is 0 Å². The minimum atomic E-state index is -2.87. The van der Waals surface area contributed by atoms with Gasteiger partial charge in [-0.15, -0.1) is 0 Å². The Bertz CT molecular complexity index is 364. The molecule has 0 aromatic heterocycles. The fourth-order valence-electron chi connectivity index (χ4n) is 1.07. The lowest BCUT2D eigenvalue weighted by molar-refractivity contribution is 0.163. The van der Waals surface area contributed by atoms with Crippen molar-refractivity contribution in [3.05, 3.63) is 0 Å². The molecule has 0 radical (unpaired) electrons. The molecule has 2 N–H and O–H groups in total. The predicted octanol–water partition coefficient (Wildman–Crippen LogP) is 3.70. The van der Waals surface area contributed by atoms with Gasteiger partial charge in [-0.2, -0.15) is 0 Å². The molecule has 0 bridgehead atoms. The Kier molecular flexibility index (Phi) is 16.4. The molecule has 12 heteroatoms. The molecule has 0 saturated heterocycles. The van der Waals surface area contributed by atoms with Gasteiger partial charge < -0.3 is 28.6 Å². The molecule has 0 aliphatic carbocycles. The quantitative estimate of drug-likeness (QED) is 0.510. The van der Waals surface area contributed by atoms with E-state index in [1.807, 2.05) is 27.7 Å². The molecule has 1 amide bonds. The number of rotatable bonds is 11. The van der Waals surface area contributed by atoms with Crippen molar-refractivity contribution in [1.82, 2.24) is 0 Å². The van der Waals surface area contributed by atoms with Crippen LogP contribution in [0.25, 0.3) is 0 Å². The first-order valence-corrected chi connectivity index (χ1v) is 12.2. The summed E-state index contributed by atoms with van der Waals surface area (Å²) < 4.78 is 31.1. The van der Waals surface area contributed by atoms with Crippen LogP contribution in [0.5, 0.6) is 0 Å². The zero-order chi connectivity index (χ0) is 18.4. The van der Waals surface area contributed by atoms with Gasteiger partial charge in [-0.05, 0) is 58.2 Å². The van der Waals surface area contributed by atoms with E-state index in [2.05, 4.69) is 10.5 Å². The first kappa shape index (κ1) is 25.6. The van der Waals surface area contributed by atoms with Crippen molar-refractivity contribution in [1.29, 1.82) is 0 Å². The van der Waals surface area contributed by atoms with E-state index >= 15 is 0 Å². The van der Waals surface area contributed by atoms with Crippen LogP contribution in [-0.2, 0) is 50.8 Å². The topological polar surface area (TPSA) is 98.5 Å². The first-order chi connectivity index (χ1) is 10.7. The highest BCUT2D eigenvalue weighted by Gasteiger charge is 2.31. The van der Waals surface area contributed by atoms with Crippen molar-refractivity contribution in [2.75, 3.05) is 33.0 Å². The fraction of sp³-hybridized carbons (Fsp3) is 0.909. The largest absolute Gasteiger partial charge is 0.450 e. The van der Waals surface area contributed by atoms with Gasteiger partial charge in [0, 0.05) is 0 Å². The standard InChI is InChI=1S/C8H20O5P2S2.C3H7NO2/c1-5-9-14(16,10-6-2)13-15(17,11-7-3)12-8-4;1-2-6-3(4)5/h5-8H2,1-4H3;2H2,1H3,(H2,4,5). The molecule has 0 heterocycles. The number of carbonyl (C=O) groups excluding carboxylic acids is 1. The van der Waals surface area contributed by atoms with E-state index < -0.39 is 19.5 Å². The Hall–Kier alpha value is 0.370. The molecule has 0 aromatic carbocycles. The number of hydrogen-bond acceptors (Lipinski definition) is 9. The minimum absolute atomic E-state index is 0.356. The SMILES string of the molecule is CCOC(N)=O.CCOP(=S)(OCC)OP(=S)(OCC)OCC. The molecule has 0 atom stereocenters. The minimum Gasteiger partial charge on any atom is -0.450 e. The normalized spacial score (nSPS) is 11.5. The average Bonchev–Trinajstić information content (AvgIpc) is 2.39. The van der Waals surface area contributed by atoms with Crippen LogP contribution in [0.2, 0.25) is 0 Å². The number of ether oxygens (including phenoxy) is 1. The average molecular weight is 411 g/mol. The molecule has 0 aromatic rings. The van der Waals surface area contributed by atoms with Gasteiger partial charge in [0.05, 0.1) is 33.0 Å². The van der Waals surface area contributed by atoms with Crippen molar-refractivity contribution in [3.63, 3.8) is 0 Å². The predicted molar refractivity (Wildman–Crippen MR) is 97.4 cm³/mol. The molecule has 140 valence electrons. The molecular formula is C11H27NO7P2S2. The third kappa shape index (κ3) is 14.4. The second-order valence-electron chi connectivity index (χ2n) is 3.40. The van der Waals surface area contributed by atoms with Crippen LogP contribution in [0, 0.1) is 0 Å². The molecule has 0 spiro atoms. The van der Waals surface area contributed by atoms with E-state index in [9.17, 15) is 4.79 Å². The molecule has 0 aliphatic heterocycles. The van der Waals surface area contributed by atoms with Gasteiger partial charge in [0.25, 0.3) is 0 Å². The smallest absolute Gasteiger partial charge is 0.404 e. The molecular weight excluding hydrogens is 384 g/mol. The van der Waals surface area contributed by atoms with E-state index in [0.29, 0.717) is 33.0 Å². The first-order valence-electron chi connectivity index (χ1n) is 7.14. The Morgan fingerprint density at radius 2 is 1.09 bits per heavy atom. The lowest BCUT2D eigenvalue weighted by Crippen LogP contribution is -2.11. The number of hydrogen-bond donors (Lipinski definition) is 1. The molecule has 0 aliphatic rings. The van der Waals surface area contributed by atoms with Crippen molar-refractivity contribution in [2.24, 2.45) is 5.73 Å². The van der Waals surface area contributed by atoms with E-state index in [1.165, 1.54) is 0 Å². The van der Waals surface area contributed by atoms with Crippen LogP contribution < -0.4 is 5.73 Å². The van der Waals surface area contributed by atoms with E-state index in [4.69, 9.17) is 46.0 Å². The Balaban J connectivity index is 0. The summed E-state index contributed by atoms with van der Waals surface area (Å²) >= 11 is 10.4. The Morgan fingerprint density at radius 3 is 1.22 bits per heavy atom. The van der Waals surface area contributed by atoms with Gasteiger partial charge in [-0.1, -0.05) is 0 Å². The van der Waals surface area contributed by atoms with E-state index in [0.717, 1.165) is 0 Å². The summed E-state index contributed by atoms with van der Waals surface area (Å²) in [6, 6.07) is 0. The zero-order valence-electron chi connectivity index (χ0n) is 14.2. The maximum Gasteiger partial charge on any atom is 0.404 e. The molecule has 0 saturated carbocycles. The third-order valence-corrected chi connectivity index (χ3v) is 8.00. The maximum absolute atomic E-state index is 9.60. The van der Waals surface area contributed by atoms with Gasteiger partial charge in [-0.25, -0.2) is 9.11 Å². The molecule has 0 rings (SSSR count). The highest BCUT2D eigenvalue weighted by molar-refractivity contribution is 8.14. The summed E-state index contributed by atoms with van der Waals surface area (Å²) in [7, 11) is 0. The summed E-state index contributed by atoms with van der Waals surface area (Å²) in [5.74, 6) is 0. The summed E-state index contributed by atoms with van der Waals surface area (Å²) in [6.45, 7) is 5.14. The van der Waals surface area contributed by atoms with Crippen LogP contribution in [0.1, 0.15) is 34.6 Å². The van der Waals surface area contributed by atoms with Crippen LogP contribution in [0.4, 0.5) is 4.79 Å². The lowest BCUT2D eigenvalue weighted by atomic mass is 10.9. The second-order valence-corrected chi connectivity index (χ2v) is 9.56. The summed E-state index contributed by atoms with van der Waals surface area (Å²) in [5.41, 5.74) is 4.54. The van der Waals surface area contributed by atoms with Gasteiger partial charge >= 0.3 is 19.5 Å². The van der Waals surface area contributed by atoms with E-state index in [1.54, 1.807) is 6.92 Å². The van der Waals surface area contributed by atoms with Crippen LogP contribution in [-0.4, -0.2) is 39.1 Å². The van der Waals surface area contributed by atoms with Crippen LogP contribution in [0.3, 0.4) is 0 Å². The highest BCUT2D eigenvalue weighted by Crippen LogP contribution is 2.66. The summed E-state index contributed by atoms with van der Waals surface area (Å²) in [5, 5.41) is 0. The van der Waals surface area contributed by atoms with Crippen molar-refractivity contribution < 1.29 is 31.9 Å². The number of primary amides is 1. The van der Waals surface area contributed by atoms with Crippen molar-refractivity contribution in [3.8, 4) is 0 Å². The monoisotopic (exact) mass is 411 g/mol.